The molecule has 1 N–H and O–H groups in total. The molecule has 7 heteroatoms. The van der Waals surface area contributed by atoms with Crippen molar-refractivity contribution in [3.63, 3.8) is 0 Å². The molecule has 0 saturated heterocycles. The summed E-state index contributed by atoms with van der Waals surface area (Å²) in [5.74, 6) is -1.47. The number of alkyl halides is 2. The van der Waals surface area contributed by atoms with E-state index in [9.17, 15) is 18.0 Å². The van der Waals surface area contributed by atoms with E-state index in [0.29, 0.717) is 18.9 Å². The predicted octanol–water partition coefficient (Wildman–Crippen LogP) is 4.77. The van der Waals surface area contributed by atoms with E-state index in [0.717, 1.165) is 24.0 Å². The van der Waals surface area contributed by atoms with Crippen molar-refractivity contribution in [2.45, 2.75) is 58.4 Å². The summed E-state index contributed by atoms with van der Waals surface area (Å²) in [5, 5.41) is 5.14. The van der Waals surface area contributed by atoms with Gasteiger partial charge in [-0.25, -0.2) is 8.78 Å². The minimum absolute atomic E-state index is 0.0235. The third-order valence-electron chi connectivity index (χ3n) is 4.96. The van der Waals surface area contributed by atoms with E-state index >= 15 is 0 Å². The van der Waals surface area contributed by atoms with Crippen LogP contribution in [0.25, 0.3) is 0 Å². The number of aryl methyl sites for hydroxylation is 1. The maximum absolute atomic E-state index is 14.0. The Balaban J connectivity index is 1.83. The van der Waals surface area contributed by atoms with Gasteiger partial charge in [0.1, 0.15) is 11.3 Å². The van der Waals surface area contributed by atoms with Gasteiger partial charge in [0.2, 0.25) is 5.95 Å². The van der Waals surface area contributed by atoms with E-state index in [-0.39, 0.29) is 6.04 Å². The van der Waals surface area contributed by atoms with Crippen molar-refractivity contribution in [1.29, 1.82) is 0 Å². The number of nitrogens with one attached hydrogen (secondary N) is 1. The first-order chi connectivity index (χ1) is 12.8. The number of amides is 1. The molecule has 1 aromatic heterocycles. The van der Waals surface area contributed by atoms with Gasteiger partial charge < -0.3 is 4.90 Å². The first-order valence-corrected chi connectivity index (χ1v) is 9.21. The molecule has 3 rings (SSSR count). The maximum Gasteiger partial charge on any atom is 0.283 e. The van der Waals surface area contributed by atoms with Crippen LogP contribution in [-0.2, 0) is 6.42 Å². The summed E-state index contributed by atoms with van der Waals surface area (Å²) in [6.45, 7) is 6.58. The quantitative estimate of drug-likeness (QED) is 0.754. The number of rotatable bonds is 7. The summed E-state index contributed by atoms with van der Waals surface area (Å²) in [4.78, 5) is 14.4. The third-order valence-corrected chi connectivity index (χ3v) is 4.96. The summed E-state index contributed by atoms with van der Waals surface area (Å²) in [5.41, 5.74) is 2.00. The molecule has 4 nitrogen and oxygen atoms in total. The number of H-pyrrole nitrogens is 1. The molecule has 1 heterocycles. The fourth-order valence-electron chi connectivity index (χ4n) is 3.43. The summed E-state index contributed by atoms with van der Waals surface area (Å²) < 4.78 is 40.1. The molecule has 1 aromatic carbocycles. The number of carbonyl (C=O) groups excluding carboxylic acids is 1. The van der Waals surface area contributed by atoms with Crippen LogP contribution in [0.2, 0.25) is 0 Å². The lowest BCUT2D eigenvalue weighted by Gasteiger charge is -2.24. The van der Waals surface area contributed by atoms with E-state index < -0.39 is 29.5 Å². The minimum atomic E-state index is -3.00. The number of benzene rings is 1. The van der Waals surface area contributed by atoms with Crippen LogP contribution in [0.5, 0.6) is 0 Å². The normalized spacial score (nSPS) is 14.2. The smallest absolute Gasteiger partial charge is 0.283 e. The van der Waals surface area contributed by atoms with Crippen molar-refractivity contribution in [3.05, 3.63) is 52.1 Å². The van der Waals surface area contributed by atoms with Crippen molar-refractivity contribution >= 4 is 5.91 Å². The monoisotopic (exact) mass is 379 g/mol. The van der Waals surface area contributed by atoms with Gasteiger partial charge in [0.05, 0.1) is 0 Å². The number of nitrogens with zero attached hydrogens (tertiary/aromatic N) is 2. The first kappa shape index (κ1) is 19.5. The molecule has 146 valence electrons. The van der Waals surface area contributed by atoms with E-state index in [1.807, 2.05) is 12.0 Å². The van der Waals surface area contributed by atoms with Crippen molar-refractivity contribution in [2.75, 3.05) is 6.54 Å². The minimum Gasteiger partial charge on any atom is -0.335 e. The van der Waals surface area contributed by atoms with Gasteiger partial charge in [-0.1, -0.05) is 37.6 Å². The number of hydrogen-bond acceptors (Lipinski definition) is 2. The van der Waals surface area contributed by atoms with Gasteiger partial charge in [0.15, 0.2) is 0 Å². The van der Waals surface area contributed by atoms with Gasteiger partial charge >= 0.3 is 0 Å². The van der Waals surface area contributed by atoms with Crippen LogP contribution < -0.4 is 0 Å². The zero-order valence-electron chi connectivity index (χ0n) is 15.7. The Morgan fingerprint density at radius 3 is 2.63 bits per heavy atom. The average Bonchev–Trinajstić information content (AvgIpc) is 3.35. The van der Waals surface area contributed by atoms with E-state index in [4.69, 9.17) is 0 Å². The Kier molecular flexibility index (Phi) is 5.58. The lowest BCUT2D eigenvalue weighted by Crippen LogP contribution is -2.36. The van der Waals surface area contributed by atoms with Crippen LogP contribution in [-0.4, -0.2) is 33.6 Å². The SMILES string of the molecule is Cc1ccc(C(C)C)c(CCN(C(=O)c2c(C(F)F)n[nH]c2F)C2CC2)c1. The van der Waals surface area contributed by atoms with Crippen LogP contribution in [0.3, 0.4) is 0 Å². The summed E-state index contributed by atoms with van der Waals surface area (Å²) in [6.07, 6.45) is -0.795. The average molecular weight is 379 g/mol. The summed E-state index contributed by atoms with van der Waals surface area (Å²) >= 11 is 0. The molecule has 0 bridgehead atoms. The molecule has 27 heavy (non-hydrogen) atoms. The van der Waals surface area contributed by atoms with Crippen molar-refractivity contribution in [1.82, 2.24) is 15.1 Å². The number of halogens is 3. The van der Waals surface area contributed by atoms with Crippen molar-refractivity contribution in [3.8, 4) is 0 Å². The molecule has 2 aromatic rings. The molecule has 1 aliphatic rings. The fourth-order valence-corrected chi connectivity index (χ4v) is 3.43. The van der Waals surface area contributed by atoms with E-state index in [1.165, 1.54) is 10.5 Å². The Morgan fingerprint density at radius 1 is 1.33 bits per heavy atom. The van der Waals surface area contributed by atoms with Crippen LogP contribution in [0.4, 0.5) is 13.2 Å². The Bertz CT molecular complexity index is 828. The second-order valence-electron chi connectivity index (χ2n) is 7.44. The first-order valence-electron chi connectivity index (χ1n) is 9.21. The van der Waals surface area contributed by atoms with Crippen LogP contribution in [0.1, 0.15) is 71.8 Å². The molecule has 0 unspecified atom stereocenters. The van der Waals surface area contributed by atoms with Gasteiger partial charge in [-0.05, 0) is 43.2 Å². The highest BCUT2D eigenvalue weighted by molar-refractivity contribution is 5.95. The molecule has 0 spiro atoms. The summed E-state index contributed by atoms with van der Waals surface area (Å²) in [6, 6.07) is 6.21. The number of carbonyl (C=O) groups is 1. The van der Waals surface area contributed by atoms with Crippen LogP contribution in [0.15, 0.2) is 18.2 Å². The molecular weight excluding hydrogens is 355 g/mol. The maximum atomic E-state index is 14.0. The van der Waals surface area contributed by atoms with E-state index in [1.54, 1.807) is 0 Å². The second kappa shape index (κ2) is 7.74. The molecular formula is C20H24F3N3O. The van der Waals surface area contributed by atoms with Gasteiger partial charge in [-0.15, -0.1) is 0 Å². The number of aromatic amines is 1. The van der Waals surface area contributed by atoms with Crippen LogP contribution >= 0.6 is 0 Å². The van der Waals surface area contributed by atoms with Gasteiger partial charge in [0.25, 0.3) is 12.3 Å². The molecule has 0 radical (unpaired) electrons. The highest BCUT2D eigenvalue weighted by atomic mass is 19.3. The highest BCUT2D eigenvalue weighted by Gasteiger charge is 2.37. The topological polar surface area (TPSA) is 49.0 Å². The van der Waals surface area contributed by atoms with Crippen molar-refractivity contribution in [2.24, 2.45) is 0 Å². The third kappa shape index (κ3) is 4.17. The lowest BCUT2D eigenvalue weighted by atomic mass is 9.93. The molecule has 1 amide bonds. The van der Waals surface area contributed by atoms with Gasteiger partial charge in [-0.3, -0.25) is 9.89 Å². The zero-order chi connectivity index (χ0) is 19.7. The van der Waals surface area contributed by atoms with Gasteiger partial charge in [-0.2, -0.15) is 9.49 Å². The van der Waals surface area contributed by atoms with Gasteiger partial charge in [0, 0.05) is 12.6 Å². The number of hydrogen-bond donors (Lipinski definition) is 1. The Morgan fingerprint density at radius 2 is 2.04 bits per heavy atom. The lowest BCUT2D eigenvalue weighted by molar-refractivity contribution is 0.0727. The van der Waals surface area contributed by atoms with Crippen molar-refractivity contribution < 1.29 is 18.0 Å². The highest BCUT2D eigenvalue weighted by Crippen LogP contribution is 2.32. The fraction of sp³-hybridized carbons (Fsp3) is 0.500. The molecule has 1 aliphatic carbocycles. The van der Waals surface area contributed by atoms with Crippen LogP contribution in [0, 0.1) is 12.9 Å². The number of aromatic nitrogens is 2. The Hall–Kier alpha value is -2.31. The molecule has 0 atom stereocenters. The standard InChI is InChI=1S/C20H24F3N3O/c1-11(2)15-7-4-12(3)10-13(15)8-9-26(14-5-6-14)20(27)16-17(18(21)22)24-25-19(16)23/h4,7,10-11,14,18H,5-6,8-9H2,1-3H3,(H,24,25). The largest absolute Gasteiger partial charge is 0.335 e. The predicted molar refractivity (Wildman–Crippen MR) is 96.5 cm³/mol. The molecule has 1 saturated carbocycles. The van der Waals surface area contributed by atoms with E-state index in [2.05, 4.69) is 37.1 Å². The Labute approximate surface area is 156 Å². The second-order valence-corrected chi connectivity index (χ2v) is 7.44. The molecule has 0 aliphatic heterocycles. The zero-order valence-corrected chi connectivity index (χ0v) is 15.7. The summed E-state index contributed by atoms with van der Waals surface area (Å²) in [7, 11) is 0. The molecule has 1 fully saturated rings.